The third-order valence-electron chi connectivity index (χ3n) is 3.14. The number of likely N-dealkylation sites (tertiary alicyclic amines) is 1. The summed E-state index contributed by atoms with van der Waals surface area (Å²) in [4.78, 5) is 13.9. The molecule has 0 aromatic carbocycles. The molecule has 0 radical (unpaired) electrons. The lowest BCUT2D eigenvalue weighted by atomic mass is 10.1. The molecule has 1 aliphatic heterocycles. The molecule has 0 bridgehead atoms. The summed E-state index contributed by atoms with van der Waals surface area (Å²) < 4.78 is 5.14. The summed E-state index contributed by atoms with van der Waals surface area (Å²) in [6, 6.07) is 2.04. The van der Waals surface area contributed by atoms with Crippen LogP contribution in [0.5, 0.6) is 0 Å². The van der Waals surface area contributed by atoms with E-state index in [0.29, 0.717) is 11.6 Å². The second-order valence-electron chi connectivity index (χ2n) is 4.78. The first-order valence-electron chi connectivity index (χ1n) is 5.68. The van der Waals surface area contributed by atoms with Crippen LogP contribution in [0.4, 0.5) is 0 Å². The lowest BCUT2D eigenvalue weighted by molar-refractivity contribution is 0.0848. The number of rotatable bonds is 3. The van der Waals surface area contributed by atoms with Gasteiger partial charge in [0.25, 0.3) is 5.91 Å². The molecule has 0 unspecified atom stereocenters. The maximum Gasteiger partial charge on any atom is 0.273 e. The highest BCUT2D eigenvalue weighted by Crippen LogP contribution is 2.40. The van der Waals surface area contributed by atoms with E-state index in [1.807, 2.05) is 7.05 Å². The van der Waals surface area contributed by atoms with Gasteiger partial charge in [-0.05, 0) is 19.9 Å². The molecule has 3 rings (SSSR count). The Balaban J connectivity index is 1.60. The first kappa shape index (κ1) is 9.84. The molecule has 5 heteroatoms. The molecule has 2 heterocycles. The van der Waals surface area contributed by atoms with Crippen LogP contribution in [-0.4, -0.2) is 42.1 Å². The molecule has 2 fully saturated rings. The first-order chi connectivity index (χ1) is 7.72. The molecular formula is C11H15N3O2. The largest absolute Gasteiger partial charge is 0.360 e. The number of carbonyl (C=O) groups is 1. The average Bonchev–Trinajstić information content (AvgIpc) is 2.94. The molecule has 5 nitrogen and oxygen atoms in total. The van der Waals surface area contributed by atoms with Crippen molar-refractivity contribution in [3.8, 4) is 0 Å². The topological polar surface area (TPSA) is 58.4 Å². The lowest BCUT2D eigenvalue weighted by Gasteiger charge is -2.36. The van der Waals surface area contributed by atoms with E-state index >= 15 is 0 Å². The van der Waals surface area contributed by atoms with Gasteiger partial charge in [-0.2, -0.15) is 0 Å². The summed E-state index contributed by atoms with van der Waals surface area (Å²) in [7, 11) is 2.03. The predicted molar refractivity (Wildman–Crippen MR) is 57.2 cm³/mol. The van der Waals surface area contributed by atoms with E-state index in [-0.39, 0.29) is 11.9 Å². The summed E-state index contributed by atoms with van der Waals surface area (Å²) in [5.74, 6) is 1.24. The Hall–Kier alpha value is -1.36. The number of carbonyl (C=O) groups excluding carboxylic acids is 1. The summed E-state index contributed by atoms with van der Waals surface area (Å²) in [5, 5.41) is 6.74. The minimum atomic E-state index is -0.117. The molecule has 16 heavy (non-hydrogen) atoms. The summed E-state index contributed by atoms with van der Waals surface area (Å²) in [6.07, 6.45) is 2.31. The molecule has 1 saturated heterocycles. The minimum absolute atomic E-state index is 0.117. The highest BCUT2D eigenvalue weighted by atomic mass is 16.5. The van der Waals surface area contributed by atoms with Gasteiger partial charge in [-0.15, -0.1) is 0 Å². The number of amides is 1. The van der Waals surface area contributed by atoms with Gasteiger partial charge in [0.15, 0.2) is 5.69 Å². The minimum Gasteiger partial charge on any atom is -0.360 e. The Bertz CT molecular complexity index is 405. The SMILES string of the molecule is CN1CC(NC(=O)c2cc(C3CC3)on2)C1. The van der Waals surface area contributed by atoms with E-state index in [1.165, 1.54) is 0 Å². The van der Waals surface area contributed by atoms with E-state index in [1.54, 1.807) is 6.07 Å². The Morgan fingerprint density at radius 3 is 2.94 bits per heavy atom. The molecule has 0 spiro atoms. The van der Waals surface area contributed by atoms with Crippen LogP contribution in [0.1, 0.15) is 35.0 Å². The van der Waals surface area contributed by atoms with Crippen molar-refractivity contribution in [3.05, 3.63) is 17.5 Å². The van der Waals surface area contributed by atoms with E-state index in [4.69, 9.17) is 4.52 Å². The van der Waals surface area contributed by atoms with Crippen molar-refractivity contribution in [3.63, 3.8) is 0 Å². The van der Waals surface area contributed by atoms with Gasteiger partial charge in [0.05, 0.1) is 6.04 Å². The first-order valence-corrected chi connectivity index (χ1v) is 5.68. The molecule has 1 aromatic rings. The van der Waals surface area contributed by atoms with Crippen molar-refractivity contribution in [1.29, 1.82) is 0 Å². The van der Waals surface area contributed by atoms with Gasteiger partial charge in [-0.3, -0.25) is 4.79 Å². The van der Waals surface area contributed by atoms with E-state index in [9.17, 15) is 4.79 Å². The Kier molecular flexibility index (Phi) is 2.21. The number of nitrogens with zero attached hydrogens (tertiary/aromatic N) is 2. The van der Waals surface area contributed by atoms with Gasteiger partial charge in [-0.1, -0.05) is 5.16 Å². The van der Waals surface area contributed by atoms with Crippen molar-refractivity contribution in [1.82, 2.24) is 15.4 Å². The average molecular weight is 221 g/mol. The van der Waals surface area contributed by atoms with Gasteiger partial charge in [0.1, 0.15) is 5.76 Å². The highest BCUT2D eigenvalue weighted by Gasteiger charge is 2.30. The van der Waals surface area contributed by atoms with Crippen LogP contribution in [-0.2, 0) is 0 Å². The fourth-order valence-corrected chi connectivity index (χ4v) is 2.01. The van der Waals surface area contributed by atoms with Gasteiger partial charge in [-0.25, -0.2) is 0 Å². The lowest BCUT2D eigenvalue weighted by Crippen LogP contribution is -2.57. The third kappa shape index (κ3) is 1.82. The van der Waals surface area contributed by atoms with Crippen molar-refractivity contribution < 1.29 is 9.32 Å². The van der Waals surface area contributed by atoms with Gasteiger partial charge >= 0.3 is 0 Å². The molecule has 0 atom stereocenters. The standard InChI is InChI=1S/C11H15N3O2/c1-14-5-8(6-14)12-11(15)9-4-10(16-13-9)7-2-3-7/h4,7-8H,2-3,5-6H2,1H3,(H,12,15). The Morgan fingerprint density at radius 2 is 2.31 bits per heavy atom. The number of aromatic nitrogens is 1. The van der Waals surface area contributed by atoms with Crippen LogP contribution in [0, 0.1) is 0 Å². The van der Waals surface area contributed by atoms with Crippen molar-refractivity contribution in [2.24, 2.45) is 0 Å². The van der Waals surface area contributed by atoms with Crippen molar-refractivity contribution in [2.75, 3.05) is 20.1 Å². The van der Waals surface area contributed by atoms with Crippen molar-refractivity contribution in [2.45, 2.75) is 24.8 Å². The summed E-state index contributed by atoms with van der Waals surface area (Å²) in [5.41, 5.74) is 0.413. The summed E-state index contributed by atoms with van der Waals surface area (Å²) in [6.45, 7) is 1.83. The van der Waals surface area contributed by atoms with E-state index in [2.05, 4.69) is 15.4 Å². The maximum atomic E-state index is 11.8. The molecule has 1 saturated carbocycles. The molecular weight excluding hydrogens is 206 g/mol. The fourth-order valence-electron chi connectivity index (χ4n) is 2.01. The molecule has 1 N–H and O–H groups in total. The maximum absolute atomic E-state index is 11.8. The second kappa shape index (κ2) is 3.59. The van der Waals surface area contributed by atoms with Gasteiger partial charge in [0, 0.05) is 25.1 Å². The second-order valence-corrected chi connectivity index (χ2v) is 4.78. The van der Waals surface area contributed by atoms with Crippen LogP contribution in [0.15, 0.2) is 10.6 Å². The number of hydrogen-bond donors (Lipinski definition) is 1. The quantitative estimate of drug-likeness (QED) is 0.811. The van der Waals surface area contributed by atoms with E-state index in [0.717, 1.165) is 31.7 Å². The zero-order valence-electron chi connectivity index (χ0n) is 9.27. The number of likely N-dealkylation sites (N-methyl/N-ethyl adjacent to an activating group) is 1. The smallest absolute Gasteiger partial charge is 0.273 e. The third-order valence-corrected chi connectivity index (χ3v) is 3.14. The zero-order chi connectivity index (χ0) is 11.1. The summed E-state index contributed by atoms with van der Waals surface area (Å²) >= 11 is 0. The monoisotopic (exact) mass is 221 g/mol. The highest BCUT2D eigenvalue weighted by molar-refractivity contribution is 5.92. The normalized spacial score (nSPS) is 21.8. The van der Waals surface area contributed by atoms with Crippen LogP contribution in [0.3, 0.4) is 0 Å². The fraction of sp³-hybridized carbons (Fsp3) is 0.636. The van der Waals surface area contributed by atoms with Gasteiger partial charge < -0.3 is 14.7 Å². The Labute approximate surface area is 93.8 Å². The molecule has 2 aliphatic rings. The Morgan fingerprint density at radius 1 is 1.56 bits per heavy atom. The number of hydrogen-bond acceptors (Lipinski definition) is 4. The predicted octanol–water partition coefficient (Wildman–Crippen LogP) is 0.596. The van der Waals surface area contributed by atoms with Gasteiger partial charge in [0.2, 0.25) is 0 Å². The van der Waals surface area contributed by atoms with E-state index < -0.39 is 0 Å². The van der Waals surface area contributed by atoms with Crippen LogP contribution >= 0.6 is 0 Å². The zero-order valence-corrected chi connectivity index (χ0v) is 9.27. The van der Waals surface area contributed by atoms with Crippen molar-refractivity contribution >= 4 is 5.91 Å². The molecule has 1 aliphatic carbocycles. The molecule has 1 amide bonds. The van der Waals surface area contributed by atoms with Crippen LogP contribution in [0.25, 0.3) is 0 Å². The molecule has 86 valence electrons. The van der Waals surface area contributed by atoms with Crippen LogP contribution in [0.2, 0.25) is 0 Å². The molecule has 1 aromatic heterocycles. The number of nitrogens with one attached hydrogen (secondary N) is 1. The van der Waals surface area contributed by atoms with Crippen LogP contribution < -0.4 is 5.32 Å².